The summed E-state index contributed by atoms with van der Waals surface area (Å²) in [5.74, 6) is -1.02. The predicted molar refractivity (Wildman–Crippen MR) is 74.4 cm³/mol. The van der Waals surface area contributed by atoms with Crippen LogP contribution in [0.15, 0.2) is 30.3 Å². The van der Waals surface area contributed by atoms with Crippen LogP contribution in [0, 0.1) is 0 Å². The van der Waals surface area contributed by atoms with Crippen molar-refractivity contribution >= 4 is 11.8 Å². The molecule has 0 aliphatic carbocycles. The maximum atomic E-state index is 11.2. The maximum Gasteiger partial charge on any atom is 0.341 e. The number of nitrogens with zero attached hydrogens (tertiary/aromatic N) is 2. The highest BCUT2D eigenvalue weighted by atomic mass is 16.4. The van der Waals surface area contributed by atoms with Crippen LogP contribution < -0.4 is 5.73 Å². The summed E-state index contributed by atoms with van der Waals surface area (Å²) in [4.78, 5) is 11.2. The third-order valence-corrected chi connectivity index (χ3v) is 3.14. The number of nitrogen functional groups attached to an aromatic ring is 1. The summed E-state index contributed by atoms with van der Waals surface area (Å²) >= 11 is 0. The fraction of sp³-hybridized carbons (Fsp3) is 0.286. The fourth-order valence-corrected chi connectivity index (χ4v) is 2.09. The van der Waals surface area contributed by atoms with Crippen molar-refractivity contribution in [2.24, 2.45) is 0 Å². The van der Waals surface area contributed by atoms with Gasteiger partial charge in [0.25, 0.3) is 0 Å². The van der Waals surface area contributed by atoms with E-state index >= 15 is 0 Å². The van der Waals surface area contributed by atoms with Gasteiger partial charge < -0.3 is 15.9 Å². The average Bonchev–Trinajstić information content (AvgIpc) is 2.76. The number of aliphatic hydroxyl groups is 1. The van der Waals surface area contributed by atoms with Crippen LogP contribution in [0.4, 0.5) is 5.82 Å². The third kappa shape index (κ3) is 2.65. The topological polar surface area (TPSA) is 101 Å². The van der Waals surface area contributed by atoms with E-state index in [1.54, 1.807) is 12.1 Å². The van der Waals surface area contributed by atoms with Crippen molar-refractivity contribution in [2.75, 3.05) is 5.73 Å². The number of carboxylic acids is 1. The molecule has 0 saturated heterocycles. The van der Waals surface area contributed by atoms with Crippen molar-refractivity contribution < 1.29 is 15.0 Å². The van der Waals surface area contributed by atoms with Gasteiger partial charge in [0.05, 0.1) is 18.3 Å². The van der Waals surface area contributed by atoms with Crippen molar-refractivity contribution in [3.63, 3.8) is 0 Å². The Labute approximate surface area is 116 Å². The molecule has 2 aromatic rings. The largest absolute Gasteiger partial charge is 0.477 e. The second-order valence-electron chi connectivity index (χ2n) is 4.47. The van der Waals surface area contributed by atoms with E-state index in [1.165, 1.54) is 4.68 Å². The van der Waals surface area contributed by atoms with Crippen molar-refractivity contribution in [3.05, 3.63) is 47.2 Å². The molecule has 0 bridgehead atoms. The van der Waals surface area contributed by atoms with Gasteiger partial charge in [0.15, 0.2) is 0 Å². The van der Waals surface area contributed by atoms with Crippen LogP contribution in [0.3, 0.4) is 0 Å². The summed E-state index contributed by atoms with van der Waals surface area (Å²) in [5, 5.41) is 23.5. The molecule has 0 amide bonds. The standard InChI is InChI=1S/C14H17N3O3/c1-2-10-12(14(19)20)13(15)17(16-10)8-11(18)9-6-4-3-5-7-9/h3-7,11,18H,2,8,15H2,1H3,(H,19,20). The summed E-state index contributed by atoms with van der Waals surface area (Å²) in [6, 6.07) is 9.10. The number of carboxylic acid groups (broad SMARTS) is 1. The van der Waals surface area contributed by atoms with E-state index in [2.05, 4.69) is 5.10 Å². The highest BCUT2D eigenvalue weighted by Crippen LogP contribution is 2.21. The predicted octanol–water partition coefficient (Wildman–Crippen LogP) is 1.46. The molecule has 0 saturated carbocycles. The van der Waals surface area contributed by atoms with Crippen LogP contribution >= 0.6 is 0 Å². The first-order valence-corrected chi connectivity index (χ1v) is 6.36. The van der Waals surface area contributed by atoms with Gasteiger partial charge in [-0.1, -0.05) is 37.3 Å². The zero-order valence-electron chi connectivity index (χ0n) is 11.2. The lowest BCUT2D eigenvalue weighted by molar-refractivity contribution is 0.0696. The number of hydrogen-bond acceptors (Lipinski definition) is 4. The van der Waals surface area contributed by atoms with Crippen molar-refractivity contribution in [3.8, 4) is 0 Å². The Kier molecular flexibility index (Phi) is 4.05. The molecule has 6 nitrogen and oxygen atoms in total. The van der Waals surface area contributed by atoms with Crippen molar-refractivity contribution in [1.29, 1.82) is 0 Å². The van der Waals surface area contributed by atoms with Crippen LogP contribution in [0.2, 0.25) is 0 Å². The first-order chi connectivity index (χ1) is 9.54. The number of carbonyl (C=O) groups is 1. The summed E-state index contributed by atoms with van der Waals surface area (Å²) < 4.78 is 1.35. The van der Waals surface area contributed by atoms with Crippen molar-refractivity contribution in [1.82, 2.24) is 9.78 Å². The smallest absolute Gasteiger partial charge is 0.341 e. The Morgan fingerprint density at radius 3 is 2.55 bits per heavy atom. The van der Waals surface area contributed by atoms with Gasteiger partial charge in [0.1, 0.15) is 11.4 Å². The summed E-state index contributed by atoms with van der Waals surface area (Å²) in [5.41, 5.74) is 7.00. The second-order valence-corrected chi connectivity index (χ2v) is 4.47. The van der Waals surface area contributed by atoms with Crippen LogP contribution in [-0.4, -0.2) is 26.0 Å². The molecule has 0 aliphatic heterocycles. The molecule has 4 N–H and O–H groups in total. The Hall–Kier alpha value is -2.34. The summed E-state index contributed by atoms with van der Waals surface area (Å²) in [6.45, 7) is 1.93. The molecule has 20 heavy (non-hydrogen) atoms. The number of aromatic nitrogens is 2. The molecule has 106 valence electrons. The van der Waals surface area contributed by atoms with Crippen LogP contribution in [0.5, 0.6) is 0 Å². The molecule has 1 atom stereocenters. The normalized spacial score (nSPS) is 12.3. The summed E-state index contributed by atoms with van der Waals surface area (Å²) in [6.07, 6.45) is -0.315. The van der Waals surface area contributed by atoms with E-state index in [1.807, 2.05) is 25.1 Å². The minimum Gasteiger partial charge on any atom is -0.477 e. The number of aryl methyl sites for hydroxylation is 1. The molecule has 1 aromatic carbocycles. The van der Waals surface area contributed by atoms with Gasteiger partial charge in [-0.25, -0.2) is 9.48 Å². The van der Waals surface area contributed by atoms with Gasteiger partial charge in [0.2, 0.25) is 0 Å². The zero-order valence-corrected chi connectivity index (χ0v) is 11.2. The number of aromatic carboxylic acids is 1. The number of hydrogen-bond donors (Lipinski definition) is 3. The quantitative estimate of drug-likeness (QED) is 0.766. The Morgan fingerprint density at radius 2 is 2.05 bits per heavy atom. The summed E-state index contributed by atoms with van der Waals surface area (Å²) in [7, 11) is 0. The zero-order chi connectivity index (χ0) is 14.7. The third-order valence-electron chi connectivity index (χ3n) is 3.14. The minimum atomic E-state index is -1.10. The molecule has 1 heterocycles. The van der Waals surface area contributed by atoms with Crippen LogP contribution in [0.1, 0.15) is 34.6 Å². The minimum absolute atomic E-state index is 0.0211. The van der Waals surface area contributed by atoms with Gasteiger partial charge in [-0.2, -0.15) is 5.10 Å². The van der Waals surface area contributed by atoms with Gasteiger partial charge in [-0.15, -0.1) is 0 Å². The van der Waals surface area contributed by atoms with E-state index in [4.69, 9.17) is 10.8 Å². The Balaban J connectivity index is 2.28. The van der Waals surface area contributed by atoms with Crippen molar-refractivity contribution in [2.45, 2.75) is 26.0 Å². The van der Waals surface area contributed by atoms with Gasteiger partial charge in [0, 0.05) is 0 Å². The van der Waals surface area contributed by atoms with Gasteiger partial charge >= 0.3 is 5.97 Å². The molecule has 0 radical (unpaired) electrons. The molecule has 0 spiro atoms. The van der Waals surface area contributed by atoms with E-state index < -0.39 is 12.1 Å². The number of aliphatic hydroxyl groups excluding tert-OH is 1. The molecular weight excluding hydrogens is 258 g/mol. The Morgan fingerprint density at radius 1 is 1.40 bits per heavy atom. The van der Waals surface area contributed by atoms with E-state index in [0.717, 1.165) is 5.56 Å². The lowest BCUT2D eigenvalue weighted by atomic mass is 10.1. The number of nitrogens with two attached hydrogens (primary N) is 1. The maximum absolute atomic E-state index is 11.2. The molecule has 0 fully saturated rings. The monoisotopic (exact) mass is 275 g/mol. The molecule has 6 heteroatoms. The first kappa shape index (κ1) is 14.1. The number of rotatable bonds is 5. The van der Waals surface area contributed by atoms with Crippen LogP contribution in [0.25, 0.3) is 0 Å². The highest BCUT2D eigenvalue weighted by Gasteiger charge is 2.21. The average molecular weight is 275 g/mol. The molecule has 1 aromatic heterocycles. The van der Waals surface area contributed by atoms with E-state index in [-0.39, 0.29) is 17.9 Å². The fourth-order valence-electron chi connectivity index (χ4n) is 2.09. The van der Waals surface area contributed by atoms with E-state index in [9.17, 15) is 9.90 Å². The van der Waals surface area contributed by atoms with Gasteiger partial charge in [-0.05, 0) is 12.0 Å². The molecular formula is C14H17N3O3. The Bertz CT molecular complexity index is 608. The van der Waals surface area contributed by atoms with Gasteiger partial charge in [-0.3, -0.25) is 0 Å². The first-order valence-electron chi connectivity index (χ1n) is 6.36. The number of benzene rings is 1. The SMILES string of the molecule is CCc1nn(CC(O)c2ccccc2)c(N)c1C(=O)O. The number of anilines is 1. The molecule has 1 unspecified atom stereocenters. The second kappa shape index (κ2) is 5.75. The lowest BCUT2D eigenvalue weighted by Crippen LogP contribution is -2.13. The molecule has 0 aliphatic rings. The lowest BCUT2D eigenvalue weighted by Gasteiger charge is -2.12. The molecule has 2 rings (SSSR count). The highest BCUT2D eigenvalue weighted by molar-refractivity contribution is 5.94. The van der Waals surface area contributed by atoms with E-state index in [0.29, 0.717) is 12.1 Å². The van der Waals surface area contributed by atoms with Crippen LogP contribution in [-0.2, 0) is 13.0 Å².